The number of Topliss-reactive ketones (excluding diaryl/α,β-unsaturated/α-hetero) is 1. The van der Waals surface area contributed by atoms with Crippen molar-refractivity contribution in [2.24, 2.45) is 11.8 Å². The number of aliphatic hydroxyl groups is 1. The van der Waals surface area contributed by atoms with E-state index >= 15 is 0 Å². The summed E-state index contributed by atoms with van der Waals surface area (Å²) >= 11 is 0. The van der Waals surface area contributed by atoms with Gasteiger partial charge in [0, 0.05) is 5.92 Å². The number of alkyl halides is 1. The second kappa shape index (κ2) is 8.84. The fourth-order valence-corrected chi connectivity index (χ4v) is 1.92. The van der Waals surface area contributed by atoms with E-state index in [0.717, 1.165) is 25.7 Å². The summed E-state index contributed by atoms with van der Waals surface area (Å²) in [5, 5.41) is 8.78. The molecule has 0 aromatic carbocycles. The van der Waals surface area contributed by atoms with E-state index in [1.54, 1.807) is 0 Å². The number of unbranched alkanes of at least 4 members (excludes halogenated alkanes) is 1. The van der Waals surface area contributed by atoms with Gasteiger partial charge < -0.3 is 5.11 Å². The number of rotatable bonds is 9. The Hall–Kier alpha value is -0.440. The third-order valence-electron chi connectivity index (χ3n) is 2.99. The van der Waals surface area contributed by atoms with Crippen molar-refractivity contribution in [2.45, 2.75) is 46.0 Å². The fraction of sp³-hybridized carbons (Fsp3) is 0.917. The van der Waals surface area contributed by atoms with Gasteiger partial charge in [0.25, 0.3) is 0 Å². The number of hydrogen-bond acceptors (Lipinski definition) is 2. The number of hydrogen-bond donors (Lipinski definition) is 1. The van der Waals surface area contributed by atoms with Crippen LogP contribution in [0.25, 0.3) is 0 Å². The zero-order chi connectivity index (χ0) is 11.7. The van der Waals surface area contributed by atoms with Crippen LogP contribution in [0.15, 0.2) is 0 Å². The van der Waals surface area contributed by atoms with Crippen molar-refractivity contribution in [1.82, 2.24) is 0 Å². The maximum absolute atomic E-state index is 11.9. The highest BCUT2D eigenvalue weighted by Crippen LogP contribution is 2.24. The quantitative estimate of drug-likeness (QED) is 0.604. The molecule has 0 saturated heterocycles. The van der Waals surface area contributed by atoms with Crippen LogP contribution in [0.5, 0.6) is 0 Å². The van der Waals surface area contributed by atoms with E-state index in [4.69, 9.17) is 5.11 Å². The third kappa shape index (κ3) is 5.88. The summed E-state index contributed by atoms with van der Waals surface area (Å²) in [6.07, 6.45) is 4.33. The lowest BCUT2D eigenvalue weighted by Gasteiger charge is -2.21. The second-order valence-corrected chi connectivity index (χ2v) is 4.15. The summed E-state index contributed by atoms with van der Waals surface area (Å²) in [6, 6.07) is 0. The van der Waals surface area contributed by atoms with E-state index in [1.807, 2.05) is 6.92 Å². The molecule has 2 nitrogen and oxygen atoms in total. The fourth-order valence-electron chi connectivity index (χ4n) is 1.92. The van der Waals surface area contributed by atoms with Gasteiger partial charge in [-0.2, -0.15) is 0 Å². The van der Waals surface area contributed by atoms with Crippen LogP contribution in [0.1, 0.15) is 46.0 Å². The molecule has 1 N–H and O–H groups in total. The summed E-state index contributed by atoms with van der Waals surface area (Å²) in [4.78, 5) is 11.3. The summed E-state index contributed by atoms with van der Waals surface area (Å²) in [5.74, 6) is 0.129. The van der Waals surface area contributed by atoms with Gasteiger partial charge >= 0.3 is 0 Å². The highest BCUT2D eigenvalue weighted by atomic mass is 19.1. The Labute approximate surface area is 91.9 Å². The van der Waals surface area contributed by atoms with Crippen molar-refractivity contribution < 1.29 is 14.3 Å². The zero-order valence-corrected chi connectivity index (χ0v) is 9.84. The van der Waals surface area contributed by atoms with Crippen LogP contribution in [0.2, 0.25) is 0 Å². The molecule has 0 aliphatic rings. The summed E-state index contributed by atoms with van der Waals surface area (Å²) < 4.78 is 11.9. The SMILES string of the molecule is CCCC(CCCCF)C(C)C(=O)CO. The van der Waals surface area contributed by atoms with Gasteiger partial charge in [0.05, 0.1) is 6.67 Å². The van der Waals surface area contributed by atoms with Crippen molar-refractivity contribution in [1.29, 1.82) is 0 Å². The van der Waals surface area contributed by atoms with Gasteiger partial charge in [-0.3, -0.25) is 9.18 Å². The largest absolute Gasteiger partial charge is 0.389 e. The molecule has 0 radical (unpaired) electrons. The van der Waals surface area contributed by atoms with Gasteiger partial charge in [-0.1, -0.05) is 33.1 Å². The molecular weight excluding hydrogens is 195 g/mol. The molecule has 0 saturated carbocycles. The molecule has 0 aliphatic heterocycles. The van der Waals surface area contributed by atoms with Crippen LogP contribution in [0, 0.1) is 11.8 Å². The third-order valence-corrected chi connectivity index (χ3v) is 2.99. The molecule has 15 heavy (non-hydrogen) atoms. The van der Waals surface area contributed by atoms with E-state index in [1.165, 1.54) is 0 Å². The predicted octanol–water partition coefficient (Wildman–Crippen LogP) is 2.74. The average molecular weight is 218 g/mol. The van der Waals surface area contributed by atoms with Crippen molar-refractivity contribution in [3.05, 3.63) is 0 Å². The summed E-state index contributed by atoms with van der Waals surface area (Å²) in [7, 11) is 0. The Morgan fingerprint density at radius 2 is 2.00 bits per heavy atom. The minimum absolute atomic E-state index is 0.0884. The Kier molecular flexibility index (Phi) is 8.58. The van der Waals surface area contributed by atoms with Crippen molar-refractivity contribution in [3.8, 4) is 0 Å². The molecule has 2 unspecified atom stereocenters. The molecule has 0 amide bonds. The Morgan fingerprint density at radius 1 is 1.33 bits per heavy atom. The minimum Gasteiger partial charge on any atom is -0.389 e. The maximum Gasteiger partial charge on any atom is 0.161 e. The normalized spacial score (nSPS) is 14.9. The van der Waals surface area contributed by atoms with Gasteiger partial charge in [-0.25, -0.2) is 0 Å². The van der Waals surface area contributed by atoms with E-state index in [0.29, 0.717) is 12.3 Å². The number of aliphatic hydroxyl groups excluding tert-OH is 1. The number of carbonyl (C=O) groups excluding carboxylic acids is 1. The molecule has 3 heteroatoms. The van der Waals surface area contributed by atoms with Crippen LogP contribution in [-0.4, -0.2) is 24.2 Å². The summed E-state index contributed by atoms with van der Waals surface area (Å²) in [6.45, 7) is 3.30. The van der Waals surface area contributed by atoms with Gasteiger partial charge in [0.2, 0.25) is 0 Å². The summed E-state index contributed by atoms with van der Waals surface area (Å²) in [5.41, 5.74) is 0. The Balaban J connectivity index is 4.05. The standard InChI is InChI=1S/C12H23FO2/c1-3-6-11(7-4-5-8-13)10(2)12(15)9-14/h10-11,14H,3-9H2,1-2H3. The first-order valence-corrected chi connectivity index (χ1v) is 5.86. The maximum atomic E-state index is 11.9. The lowest BCUT2D eigenvalue weighted by Crippen LogP contribution is -2.23. The molecule has 0 fully saturated rings. The van der Waals surface area contributed by atoms with Gasteiger partial charge in [0.1, 0.15) is 6.61 Å². The second-order valence-electron chi connectivity index (χ2n) is 4.15. The first kappa shape index (κ1) is 14.6. The average Bonchev–Trinajstić information content (AvgIpc) is 2.26. The molecule has 0 rings (SSSR count). The molecule has 2 atom stereocenters. The highest BCUT2D eigenvalue weighted by Gasteiger charge is 2.21. The van der Waals surface area contributed by atoms with E-state index in [-0.39, 0.29) is 25.0 Å². The Morgan fingerprint density at radius 3 is 2.47 bits per heavy atom. The molecule has 0 aromatic heterocycles. The first-order valence-electron chi connectivity index (χ1n) is 5.86. The lowest BCUT2D eigenvalue weighted by molar-refractivity contribution is -0.126. The molecule has 90 valence electrons. The van der Waals surface area contributed by atoms with Crippen molar-refractivity contribution in [2.75, 3.05) is 13.3 Å². The smallest absolute Gasteiger partial charge is 0.161 e. The number of carbonyl (C=O) groups is 1. The molecule has 0 spiro atoms. The van der Waals surface area contributed by atoms with E-state index < -0.39 is 0 Å². The first-order chi connectivity index (χ1) is 7.17. The van der Waals surface area contributed by atoms with Crippen LogP contribution >= 0.6 is 0 Å². The van der Waals surface area contributed by atoms with Crippen LogP contribution in [-0.2, 0) is 4.79 Å². The number of ketones is 1. The van der Waals surface area contributed by atoms with E-state index in [9.17, 15) is 9.18 Å². The predicted molar refractivity (Wildman–Crippen MR) is 59.5 cm³/mol. The molecule has 0 bridgehead atoms. The van der Waals surface area contributed by atoms with Crippen molar-refractivity contribution in [3.63, 3.8) is 0 Å². The molecular formula is C12H23FO2. The molecule has 0 aromatic rings. The lowest BCUT2D eigenvalue weighted by atomic mass is 9.83. The van der Waals surface area contributed by atoms with Gasteiger partial charge in [-0.05, 0) is 18.8 Å². The van der Waals surface area contributed by atoms with Crippen LogP contribution in [0.4, 0.5) is 4.39 Å². The van der Waals surface area contributed by atoms with Gasteiger partial charge in [-0.15, -0.1) is 0 Å². The van der Waals surface area contributed by atoms with Crippen LogP contribution in [0.3, 0.4) is 0 Å². The number of halogens is 1. The Bertz CT molecular complexity index is 171. The monoisotopic (exact) mass is 218 g/mol. The highest BCUT2D eigenvalue weighted by molar-refractivity contribution is 5.81. The molecule has 0 heterocycles. The van der Waals surface area contributed by atoms with Crippen molar-refractivity contribution >= 4 is 5.78 Å². The van der Waals surface area contributed by atoms with Crippen LogP contribution < -0.4 is 0 Å². The van der Waals surface area contributed by atoms with Gasteiger partial charge in [0.15, 0.2) is 5.78 Å². The molecule has 0 aliphatic carbocycles. The zero-order valence-electron chi connectivity index (χ0n) is 9.84. The minimum atomic E-state index is -0.371. The van der Waals surface area contributed by atoms with E-state index in [2.05, 4.69) is 6.92 Å². The topological polar surface area (TPSA) is 37.3 Å².